The van der Waals surface area contributed by atoms with E-state index in [2.05, 4.69) is 15.4 Å². The summed E-state index contributed by atoms with van der Waals surface area (Å²) in [7, 11) is 0. The van der Waals surface area contributed by atoms with Gasteiger partial charge in [0.2, 0.25) is 5.82 Å². The summed E-state index contributed by atoms with van der Waals surface area (Å²) in [6.45, 7) is 6.14. The quantitative estimate of drug-likeness (QED) is 0.854. The Labute approximate surface area is 162 Å². The van der Waals surface area contributed by atoms with E-state index in [0.717, 1.165) is 13.1 Å². The normalized spacial score (nSPS) is 17.3. The first kappa shape index (κ1) is 20.0. The summed E-state index contributed by atoms with van der Waals surface area (Å²) in [6.07, 6.45) is 0.610. The molecule has 1 amide bonds. The first-order valence-electron chi connectivity index (χ1n) is 7.95. The molecule has 1 aliphatic heterocycles. The van der Waals surface area contributed by atoms with Crippen molar-refractivity contribution in [1.29, 1.82) is 0 Å². The van der Waals surface area contributed by atoms with Crippen LogP contribution in [0.15, 0.2) is 18.2 Å². The maximum Gasteiger partial charge on any atom is 0.293 e. The molecule has 3 rings (SSSR count). The van der Waals surface area contributed by atoms with Crippen molar-refractivity contribution < 1.29 is 4.79 Å². The van der Waals surface area contributed by atoms with Gasteiger partial charge in [-0.15, -0.1) is 17.5 Å². The standard InChI is InChI=1S/C16H19Cl2N5O.ClH/c1-3-13-20-15(16(24)22-8-7-19-9-10(22)2)21-23(13)14-11(17)5-4-6-12(14)18;/h4-6,10,19H,3,7-9H2,1-2H3;1H/t10-;/m1./s1. The zero-order valence-corrected chi connectivity index (χ0v) is 16.3. The molecule has 0 bridgehead atoms. The summed E-state index contributed by atoms with van der Waals surface area (Å²) in [4.78, 5) is 19.0. The van der Waals surface area contributed by atoms with Gasteiger partial charge in [-0.25, -0.2) is 9.67 Å². The first-order valence-corrected chi connectivity index (χ1v) is 8.70. The third kappa shape index (κ3) is 3.92. The Hall–Kier alpha value is -1.34. The van der Waals surface area contributed by atoms with E-state index in [-0.39, 0.29) is 30.2 Å². The third-order valence-electron chi connectivity index (χ3n) is 4.09. The smallest absolute Gasteiger partial charge is 0.293 e. The monoisotopic (exact) mass is 403 g/mol. The number of piperazine rings is 1. The van der Waals surface area contributed by atoms with Gasteiger partial charge in [-0.2, -0.15) is 0 Å². The molecule has 1 fully saturated rings. The molecule has 1 N–H and O–H groups in total. The van der Waals surface area contributed by atoms with Crippen LogP contribution in [-0.2, 0) is 6.42 Å². The largest absolute Gasteiger partial charge is 0.331 e. The predicted molar refractivity (Wildman–Crippen MR) is 101 cm³/mol. The average Bonchev–Trinajstić information content (AvgIpc) is 2.98. The third-order valence-corrected chi connectivity index (χ3v) is 4.70. The van der Waals surface area contributed by atoms with Gasteiger partial charge in [0.1, 0.15) is 11.5 Å². The number of nitrogens with zero attached hydrogens (tertiary/aromatic N) is 4. The van der Waals surface area contributed by atoms with Gasteiger partial charge < -0.3 is 10.2 Å². The highest BCUT2D eigenvalue weighted by Gasteiger charge is 2.28. The van der Waals surface area contributed by atoms with Crippen molar-refractivity contribution >= 4 is 41.5 Å². The van der Waals surface area contributed by atoms with Crippen LogP contribution in [0.4, 0.5) is 0 Å². The van der Waals surface area contributed by atoms with Crippen molar-refractivity contribution in [3.63, 3.8) is 0 Å². The number of hydrogen-bond donors (Lipinski definition) is 1. The Morgan fingerprint density at radius 3 is 2.64 bits per heavy atom. The SMILES string of the molecule is CCc1nc(C(=O)N2CCNC[C@H]2C)nn1-c1c(Cl)cccc1Cl.Cl. The summed E-state index contributed by atoms with van der Waals surface area (Å²) in [5.74, 6) is 0.661. The highest BCUT2D eigenvalue weighted by atomic mass is 35.5. The van der Waals surface area contributed by atoms with Gasteiger partial charge in [0.05, 0.1) is 10.0 Å². The molecule has 6 nitrogen and oxygen atoms in total. The van der Waals surface area contributed by atoms with Crippen LogP contribution in [0.3, 0.4) is 0 Å². The van der Waals surface area contributed by atoms with E-state index in [9.17, 15) is 4.79 Å². The number of para-hydroxylation sites is 1. The van der Waals surface area contributed by atoms with Crippen LogP contribution in [0.1, 0.15) is 30.3 Å². The van der Waals surface area contributed by atoms with E-state index in [1.807, 2.05) is 13.8 Å². The molecule has 1 saturated heterocycles. The average molecular weight is 405 g/mol. The summed E-state index contributed by atoms with van der Waals surface area (Å²) >= 11 is 12.6. The Kier molecular flexibility index (Phi) is 6.68. The topological polar surface area (TPSA) is 63.1 Å². The van der Waals surface area contributed by atoms with Crippen LogP contribution < -0.4 is 5.32 Å². The summed E-state index contributed by atoms with van der Waals surface area (Å²) in [6, 6.07) is 5.35. The molecule has 0 aliphatic carbocycles. The highest BCUT2D eigenvalue weighted by Crippen LogP contribution is 2.29. The van der Waals surface area contributed by atoms with Gasteiger partial charge in [0, 0.05) is 32.1 Å². The number of halogens is 3. The fourth-order valence-electron chi connectivity index (χ4n) is 2.81. The molecule has 0 unspecified atom stereocenters. The second kappa shape index (κ2) is 8.36. The molecule has 136 valence electrons. The molecule has 2 aromatic rings. The highest BCUT2D eigenvalue weighted by molar-refractivity contribution is 6.37. The van der Waals surface area contributed by atoms with Crippen molar-refractivity contribution in [1.82, 2.24) is 25.0 Å². The fourth-order valence-corrected chi connectivity index (χ4v) is 3.36. The Bertz CT molecular complexity index is 744. The zero-order chi connectivity index (χ0) is 17.3. The Morgan fingerprint density at radius 2 is 2.04 bits per heavy atom. The maximum atomic E-state index is 12.8. The molecular weight excluding hydrogens is 385 g/mol. The minimum Gasteiger partial charge on any atom is -0.331 e. The van der Waals surface area contributed by atoms with Crippen LogP contribution in [0, 0.1) is 0 Å². The number of aryl methyl sites for hydroxylation is 1. The van der Waals surface area contributed by atoms with Crippen molar-refractivity contribution in [3.8, 4) is 5.69 Å². The molecule has 1 atom stereocenters. The number of nitrogens with one attached hydrogen (secondary N) is 1. The lowest BCUT2D eigenvalue weighted by Crippen LogP contribution is -2.52. The number of hydrogen-bond acceptors (Lipinski definition) is 4. The second-order valence-corrected chi connectivity index (χ2v) is 6.55. The van der Waals surface area contributed by atoms with E-state index in [1.165, 1.54) is 0 Å². The number of carbonyl (C=O) groups excluding carboxylic acids is 1. The molecule has 0 spiro atoms. The molecular formula is C16H20Cl3N5O. The molecule has 2 heterocycles. The van der Waals surface area contributed by atoms with Crippen LogP contribution in [-0.4, -0.2) is 51.2 Å². The van der Waals surface area contributed by atoms with Gasteiger partial charge in [0.15, 0.2) is 0 Å². The molecule has 0 saturated carbocycles. The van der Waals surface area contributed by atoms with E-state index in [1.54, 1.807) is 27.8 Å². The van der Waals surface area contributed by atoms with Gasteiger partial charge >= 0.3 is 0 Å². The van der Waals surface area contributed by atoms with Crippen molar-refractivity contribution in [2.75, 3.05) is 19.6 Å². The van der Waals surface area contributed by atoms with E-state index >= 15 is 0 Å². The van der Waals surface area contributed by atoms with Gasteiger partial charge in [0.25, 0.3) is 5.91 Å². The number of amides is 1. The first-order chi connectivity index (χ1) is 11.5. The van der Waals surface area contributed by atoms with Crippen LogP contribution >= 0.6 is 35.6 Å². The van der Waals surface area contributed by atoms with Crippen LogP contribution in [0.2, 0.25) is 10.0 Å². The predicted octanol–water partition coefficient (Wildman–Crippen LogP) is 2.99. The number of benzene rings is 1. The van der Waals surface area contributed by atoms with E-state index in [4.69, 9.17) is 23.2 Å². The van der Waals surface area contributed by atoms with Crippen molar-refractivity contribution in [3.05, 3.63) is 39.9 Å². The summed E-state index contributed by atoms with van der Waals surface area (Å²) < 4.78 is 1.57. The lowest BCUT2D eigenvalue weighted by atomic mass is 10.2. The lowest BCUT2D eigenvalue weighted by Gasteiger charge is -2.33. The minimum atomic E-state index is -0.166. The molecule has 1 aromatic carbocycles. The van der Waals surface area contributed by atoms with Crippen LogP contribution in [0.5, 0.6) is 0 Å². The van der Waals surface area contributed by atoms with Crippen molar-refractivity contribution in [2.24, 2.45) is 0 Å². The van der Waals surface area contributed by atoms with Crippen molar-refractivity contribution in [2.45, 2.75) is 26.3 Å². The maximum absolute atomic E-state index is 12.8. The van der Waals surface area contributed by atoms with E-state index < -0.39 is 0 Å². The minimum absolute atomic E-state index is 0. The Morgan fingerprint density at radius 1 is 1.36 bits per heavy atom. The molecule has 1 aliphatic rings. The fraction of sp³-hybridized carbons (Fsp3) is 0.438. The summed E-state index contributed by atoms with van der Waals surface area (Å²) in [5.41, 5.74) is 0.553. The summed E-state index contributed by atoms with van der Waals surface area (Å²) in [5, 5.41) is 8.61. The van der Waals surface area contributed by atoms with Gasteiger partial charge in [-0.3, -0.25) is 4.79 Å². The number of rotatable bonds is 3. The van der Waals surface area contributed by atoms with Crippen LogP contribution in [0.25, 0.3) is 5.69 Å². The second-order valence-electron chi connectivity index (χ2n) is 5.74. The van der Waals surface area contributed by atoms with Gasteiger partial charge in [-0.1, -0.05) is 36.2 Å². The van der Waals surface area contributed by atoms with Gasteiger partial charge in [-0.05, 0) is 19.1 Å². The lowest BCUT2D eigenvalue weighted by molar-refractivity contribution is 0.0643. The molecule has 25 heavy (non-hydrogen) atoms. The number of aromatic nitrogens is 3. The number of carbonyl (C=O) groups is 1. The van der Waals surface area contributed by atoms with E-state index in [0.29, 0.717) is 34.5 Å². The molecule has 0 radical (unpaired) electrons. The Balaban J connectivity index is 0.00000225. The molecule has 9 heteroatoms. The molecule has 1 aromatic heterocycles. The zero-order valence-electron chi connectivity index (χ0n) is 14.0.